The summed E-state index contributed by atoms with van der Waals surface area (Å²) in [5.74, 6) is 0. The van der Waals surface area contributed by atoms with Crippen molar-refractivity contribution in [3.8, 4) is 11.1 Å². The van der Waals surface area contributed by atoms with E-state index in [0.29, 0.717) is 0 Å². The molecule has 1 aliphatic carbocycles. The molecule has 0 saturated heterocycles. The predicted octanol–water partition coefficient (Wildman–Crippen LogP) is 7.75. The Balaban J connectivity index is 1.95. The van der Waals surface area contributed by atoms with Gasteiger partial charge in [0.1, 0.15) is 0 Å². The highest BCUT2D eigenvalue weighted by Crippen LogP contribution is 2.56. The second-order valence-electron chi connectivity index (χ2n) is 8.24. The van der Waals surface area contributed by atoms with Gasteiger partial charge in [-0.25, -0.2) is 0 Å². The maximum absolute atomic E-state index is 4.73. The predicted molar refractivity (Wildman–Crippen MR) is 137 cm³/mol. The van der Waals surface area contributed by atoms with Crippen molar-refractivity contribution in [1.82, 2.24) is 0 Å². The highest BCUT2D eigenvalue weighted by atomic mass is 32.1. The molecule has 0 N–H and O–H groups in total. The van der Waals surface area contributed by atoms with Gasteiger partial charge in [-0.15, -0.1) is 25.3 Å². The summed E-state index contributed by atoms with van der Waals surface area (Å²) in [4.78, 5) is 2.11. The summed E-state index contributed by atoms with van der Waals surface area (Å²) in [6, 6.07) is 31.3. The van der Waals surface area contributed by atoms with Crippen molar-refractivity contribution in [3.05, 3.63) is 118 Å². The number of benzene rings is 4. The Morgan fingerprint density at radius 1 is 0.581 bits per heavy atom. The largest absolute Gasteiger partial charge is 0.143 e. The van der Waals surface area contributed by atoms with Gasteiger partial charge in [0, 0.05) is 9.79 Å². The number of aryl methyl sites for hydroxylation is 2. The van der Waals surface area contributed by atoms with Gasteiger partial charge in [-0.2, -0.15) is 0 Å². The normalized spacial score (nSPS) is 13.7. The molecule has 0 atom stereocenters. The summed E-state index contributed by atoms with van der Waals surface area (Å²) in [7, 11) is 0. The summed E-state index contributed by atoms with van der Waals surface area (Å²) in [5, 5.41) is 0. The summed E-state index contributed by atoms with van der Waals surface area (Å²) in [5.41, 5.74) is 10.1. The molecule has 0 aromatic heterocycles. The molecule has 0 saturated carbocycles. The quantitative estimate of drug-likeness (QED) is 0.263. The van der Waals surface area contributed by atoms with Crippen molar-refractivity contribution in [2.24, 2.45) is 0 Å². The van der Waals surface area contributed by atoms with Crippen LogP contribution in [0.1, 0.15) is 47.2 Å². The van der Waals surface area contributed by atoms with Gasteiger partial charge in [0.25, 0.3) is 0 Å². The van der Waals surface area contributed by atoms with Crippen LogP contribution in [0.15, 0.2) is 94.7 Å². The molecule has 0 bridgehead atoms. The molecule has 31 heavy (non-hydrogen) atoms. The van der Waals surface area contributed by atoms with Gasteiger partial charge in [0.05, 0.1) is 5.41 Å². The standard InChI is InChI=1S/C29H26S2/c1-3-19-17-21(13-15-27(19)30)29(22-14-16-28(31)20(4-2)18-22)25-11-7-5-9-23(25)24-10-6-8-12-26(24)29/h5-18,30-31H,3-4H2,1-2H3. The van der Waals surface area contributed by atoms with E-state index in [1.807, 2.05) is 0 Å². The van der Waals surface area contributed by atoms with Crippen molar-refractivity contribution in [2.75, 3.05) is 0 Å². The fraction of sp³-hybridized carbons (Fsp3) is 0.172. The number of thiol groups is 2. The molecular formula is C29H26S2. The average molecular weight is 439 g/mol. The number of hydrogen-bond acceptors (Lipinski definition) is 2. The molecule has 0 unspecified atom stereocenters. The summed E-state index contributed by atoms with van der Waals surface area (Å²) < 4.78 is 0. The third-order valence-corrected chi connectivity index (χ3v) is 7.61. The van der Waals surface area contributed by atoms with E-state index in [1.165, 1.54) is 44.5 Å². The van der Waals surface area contributed by atoms with E-state index in [-0.39, 0.29) is 5.41 Å². The lowest BCUT2D eigenvalue weighted by Crippen LogP contribution is -2.29. The third-order valence-electron chi connectivity index (χ3n) is 6.74. The first-order chi connectivity index (χ1) is 15.1. The van der Waals surface area contributed by atoms with Crippen LogP contribution in [-0.4, -0.2) is 0 Å². The topological polar surface area (TPSA) is 0 Å². The van der Waals surface area contributed by atoms with E-state index in [0.717, 1.165) is 22.6 Å². The van der Waals surface area contributed by atoms with E-state index < -0.39 is 0 Å². The molecule has 0 nitrogen and oxygen atoms in total. The average Bonchev–Trinajstić information content (AvgIpc) is 3.11. The second kappa shape index (κ2) is 7.93. The Kier molecular flexibility index (Phi) is 5.24. The molecule has 4 aromatic rings. The van der Waals surface area contributed by atoms with E-state index in [1.54, 1.807) is 0 Å². The first-order valence-corrected chi connectivity index (χ1v) is 11.8. The van der Waals surface area contributed by atoms with Crippen LogP contribution in [-0.2, 0) is 18.3 Å². The van der Waals surface area contributed by atoms with Crippen LogP contribution in [0.2, 0.25) is 0 Å². The molecule has 0 aliphatic heterocycles. The maximum Gasteiger partial charge on any atom is 0.0713 e. The van der Waals surface area contributed by atoms with Crippen LogP contribution in [0.3, 0.4) is 0 Å². The van der Waals surface area contributed by atoms with Crippen LogP contribution >= 0.6 is 25.3 Å². The van der Waals surface area contributed by atoms with Crippen LogP contribution in [0.25, 0.3) is 11.1 Å². The van der Waals surface area contributed by atoms with Gasteiger partial charge >= 0.3 is 0 Å². The van der Waals surface area contributed by atoms with Crippen LogP contribution < -0.4 is 0 Å². The molecule has 0 heterocycles. The Bertz CT molecular complexity index is 1180. The fourth-order valence-electron chi connectivity index (χ4n) is 5.23. The van der Waals surface area contributed by atoms with Crippen LogP contribution in [0, 0.1) is 0 Å². The highest BCUT2D eigenvalue weighted by molar-refractivity contribution is 7.80. The van der Waals surface area contributed by atoms with Crippen molar-refractivity contribution >= 4 is 25.3 Å². The third kappa shape index (κ3) is 3.00. The zero-order valence-electron chi connectivity index (χ0n) is 17.9. The van der Waals surface area contributed by atoms with Crippen molar-refractivity contribution in [1.29, 1.82) is 0 Å². The first kappa shape index (κ1) is 20.5. The highest BCUT2D eigenvalue weighted by Gasteiger charge is 2.46. The molecule has 1 aliphatic rings. The first-order valence-electron chi connectivity index (χ1n) is 10.9. The Hall–Kier alpha value is -2.42. The fourth-order valence-corrected chi connectivity index (χ4v) is 5.82. The summed E-state index contributed by atoms with van der Waals surface area (Å²) >= 11 is 9.46. The Morgan fingerprint density at radius 3 is 1.42 bits per heavy atom. The minimum Gasteiger partial charge on any atom is -0.143 e. The lowest BCUT2D eigenvalue weighted by molar-refractivity contribution is 0.760. The molecule has 0 radical (unpaired) electrons. The molecule has 154 valence electrons. The van der Waals surface area contributed by atoms with E-state index in [4.69, 9.17) is 25.3 Å². The molecular weight excluding hydrogens is 412 g/mol. The van der Waals surface area contributed by atoms with Crippen molar-refractivity contribution in [2.45, 2.75) is 41.9 Å². The monoisotopic (exact) mass is 438 g/mol. The maximum atomic E-state index is 4.73. The smallest absolute Gasteiger partial charge is 0.0713 e. The van der Waals surface area contributed by atoms with Gasteiger partial charge in [-0.1, -0.05) is 86.6 Å². The minimum absolute atomic E-state index is 0.357. The number of fused-ring (bicyclic) bond motifs is 3. The molecule has 5 rings (SSSR count). The Labute approximate surface area is 196 Å². The van der Waals surface area contributed by atoms with Crippen LogP contribution in [0.5, 0.6) is 0 Å². The lowest BCUT2D eigenvalue weighted by Gasteiger charge is -2.35. The zero-order valence-corrected chi connectivity index (χ0v) is 19.7. The molecule has 0 amide bonds. The number of rotatable bonds is 4. The van der Waals surface area contributed by atoms with Crippen molar-refractivity contribution < 1.29 is 0 Å². The van der Waals surface area contributed by atoms with Gasteiger partial charge in [0.2, 0.25) is 0 Å². The van der Waals surface area contributed by atoms with Gasteiger partial charge in [-0.3, -0.25) is 0 Å². The molecule has 0 fully saturated rings. The van der Waals surface area contributed by atoms with E-state index in [9.17, 15) is 0 Å². The zero-order chi connectivity index (χ0) is 21.6. The SMILES string of the molecule is CCc1cc(C2(c3ccc(S)c(CC)c3)c3ccccc3-c3ccccc32)ccc1S. The van der Waals surface area contributed by atoms with Gasteiger partial charge < -0.3 is 0 Å². The van der Waals surface area contributed by atoms with Gasteiger partial charge in [-0.05, 0) is 69.5 Å². The molecule has 0 spiro atoms. The van der Waals surface area contributed by atoms with Gasteiger partial charge in [0.15, 0.2) is 0 Å². The summed E-state index contributed by atoms with van der Waals surface area (Å²) in [6.07, 6.45) is 1.92. The second-order valence-corrected chi connectivity index (χ2v) is 9.20. The van der Waals surface area contributed by atoms with E-state index >= 15 is 0 Å². The summed E-state index contributed by atoms with van der Waals surface area (Å²) in [6.45, 7) is 4.40. The lowest BCUT2D eigenvalue weighted by atomic mass is 9.67. The minimum atomic E-state index is -0.357. The van der Waals surface area contributed by atoms with E-state index in [2.05, 4.69) is 98.8 Å². The van der Waals surface area contributed by atoms with Crippen LogP contribution in [0.4, 0.5) is 0 Å². The molecule has 4 aromatic carbocycles. The molecule has 2 heteroatoms. The Morgan fingerprint density at radius 2 is 1.00 bits per heavy atom. The number of hydrogen-bond donors (Lipinski definition) is 2. The van der Waals surface area contributed by atoms with Crippen molar-refractivity contribution in [3.63, 3.8) is 0 Å².